The van der Waals surface area contributed by atoms with E-state index in [9.17, 15) is 4.39 Å². The van der Waals surface area contributed by atoms with Gasteiger partial charge in [0, 0.05) is 5.39 Å². The van der Waals surface area contributed by atoms with E-state index in [0.29, 0.717) is 11.5 Å². The number of halogens is 1. The molecule has 1 aliphatic carbocycles. The Bertz CT molecular complexity index is 606. The van der Waals surface area contributed by atoms with E-state index in [1.165, 1.54) is 25.3 Å². The maximum atomic E-state index is 13.8. The fraction of sp³-hybridized carbons (Fsp3) is 0.556. The van der Waals surface area contributed by atoms with Crippen molar-refractivity contribution in [3.05, 3.63) is 35.8 Å². The lowest BCUT2D eigenvalue weighted by atomic mass is 9.94. The second-order valence-electron chi connectivity index (χ2n) is 6.42. The molecule has 1 heterocycles. The highest BCUT2D eigenvalue weighted by atomic mass is 19.1. The number of hydrogen-bond acceptors (Lipinski definition) is 2. The molecule has 0 spiro atoms. The second-order valence-corrected chi connectivity index (χ2v) is 6.42. The Morgan fingerprint density at radius 2 is 2.24 bits per heavy atom. The number of fused-ring (bicyclic) bond motifs is 1. The topological polar surface area (TPSA) is 25.2 Å². The van der Waals surface area contributed by atoms with E-state index in [-0.39, 0.29) is 11.9 Å². The number of furan rings is 1. The van der Waals surface area contributed by atoms with Crippen molar-refractivity contribution < 1.29 is 8.81 Å². The van der Waals surface area contributed by atoms with Crippen LogP contribution in [0.1, 0.15) is 51.3 Å². The van der Waals surface area contributed by atoms with Crippen molar-refractivity contribution in [3.63, 3.8) is 0 Å². The zero-order valence-electron chi connectivity index (χ0n) is 12.9. The van der Waals surface area contributed by atoms with Gasteiger partial charge in [-0.1, -0.05) is 32.4 Å². The van der Waals surface area contributed by atoms with Crippen molar-refractivity contribution in [2.75, 3.05) is 6.54 Å². The third-order valence-electron chi connectivity index (χ3n) is 4.64. The zero-order valence-corrected chi connectivity index (χ0v) is 12.9. The molecule has 0 saturated heterocycles. The predicted molar refractivity (Wildman–Crippen MR) is 83.7 cm³/mol. The first kappa shape index (κ1) is 14.6. The van der Waals surface area contributed by atoms with Gasteiger partial charge >= 0.3 is 0 Å². The molecule has 0 aliphatic heterocycles. The summed E-state index contributed by atoms with van der Waals surface area (Å²) < 4.78 is 19.7. The van der Waals surface area contributed by atoms with Crippen molar-refractivity contribution in [2.24, 2.45) is 11.8 Å². The maximum Gasteiger partial charge on any atom is 0.169 e. The molecule has 3 rings (SSSR count). The number of benzene rings is 1. The van der Waals surface area contributed by atoms with Gasteiger partial charge in [0.15, 0.2) is 11.4 Å². The number of nitrogens with one attached hydrogen (secondary N) is 1. The molecule has 114 valence electrons. The average Bonchev–Trinajstić information content (AvgIpc) is 3.07. The molecule has 21 heavy (non-hydrogen) atoms. The minimum Gasteiger partial charge on any atom is -0.456 e. The summed E-state index contributed by atoms with van der Waals surface area (Å²) in [7, 11) is 0. The SMILES string of the molecule is CCCNC(c1cc2cccc(F)c2o1)C1CCC(C)C1. The lowest BCUT2D eigenvalue weighted by molar-refractivity contribution is 0.312. The molecule has 1 saturated carbocycles. The number of para-hydroxylation sites is 1. The summed E-state index contributed by atoms with van der Waals surface area (Å²) in [5.41, 5.74) is 0.391. The fourth-order valence-corrected chi connectivity index (χ4v) is 3.55. The molecule has 0 amide bonds. The van der Waals surface area contributed by atoms with Crippen molar-refractivity contribution >= 4 is 11.0 Å². The van der Waals surface area contributed by atoms with Crippen LogP contribution in [-0.2, 0) is 0 Å². The lowest BCUT2D eigenvalue weighted by Crippen LogP contribution is -2.27. The first-order chi connectivity index (χ1) is 10.2. The van der Waals surface area contributed by atoms with Crippen LogP contribution in [0.3, 0.4) is 0 Å². The van der Waals surface area contributed by atoms with Gasteiger partial charge in [0.05, 0.1) is 6.04 Å². The van der Waals surface area contributed by atoms with Gasteiger partial charge in [-0.05, 0) is 49.8 Å². The smallest absolute Gasteiger partial charge is 0.169 e. The summed E-state index contributed by atoms with van der Waals surface area (Å²) >= 11 is 0. The maximum absolute atomic E-state index is 13.8. The van der Waals surface area contributed by atoms with Crippen LogP contribution in [0.4, 0.5) is 4.39 Å². The Morgan fingerprint density at radius 1 is 1.38 bits per heavy atom. The molecule has 2 nitrogen and oxygen atoms in total. The monoisotopic (exact) mass is 289 g/mol. The Labute approximate surface area is 125 Å². The fourth-order valence-electron chi connectivity index (χ4n) is 3.55. The first-order valence-electron chi connectivity index (χ1n) is 8.10. The molecule has 1 N–H and O–H groups in total. The van der Waals surface area contributed by atoms with Crippen molar-refractivity contribution in [1.29, 1.82) is 0 Å². The van der Waals surface area contributed by atoms with E-state index in [4.69, 9.17) is 4.42 Å². The molecular weight excluding hydrogens is 265 g/mol. The second kappa shape index (κ2) is 6.18. The summed E-state index contributed by atoms with van der Waals surface area (Å²) in [4.78, 5) is 0. The van der Waals surface area contributed by atoms with Crippen LogP contribution in [0, 0.1) is 17.7 Å². The molecule has 2 aromatic rings. The molecule has 0 radical (unpaired) electrons. The van der Waals surface area contributed by atoms with E-state index in [2.05, 4.69) is 19.2 Å². The Morgan fingerprint density at radius 3 is 2.90 bits per heavy atom. The Kier molecular flexibility index (Phi) is 4.29. The molecule has 1 aliphatic rings. The minimum atomic E-state index is -0.271. The molecule has 3 heteroatoms. The average molecular weight is 289 g/mol. The Balaban J connectivity index is 1.91. The molecule has 0 bridgehead atoms. The normalized spacial score (nSPS) is 23.8. The molecule has 3 unspecified atom stereocenters. The van der Waals surface area contributed by atoms with E-state index in [0.717, 1.165) is 30.0 Å². The number of rotatable bonds is 5. The summed E-state index contributed by atoms with van der Waals surface area (Å²) in [6, 6.07) is 7.33. The van der Waals surface area contributed by atoms with Gasteiger partial charge in [0.2, 0.25) is 0 Å². The summed E-state index contributed by atoms with van der Waals surface area (Å²) in [6.07, 6.45) is 4.82. The summed E-state index contributed by atoms with van der Waals surface area (Å²) in [6.45, 7) is 5.45. The largest absolute Gasteiger partial charge is 0.456 e. The summed E-state index contributed by atoms with van der Waals surface area (Å²) in [5.74, 6) is 1.99. The van der Waals surface area contributed by atoms with Crippen molar-refractivity contribution in [3.8, 4) is 0 Å². The summed E-state index contributed by atoms with van der Waals surface area (Å²) in [5, 5.41) is 4.47. The molecule has 1 fully saturated rings. The van der Waals surface area contributed by atoms with Crippen LogP contribution < -0.4 is 5.32 Å². The molecular formula is C18H24FNO. The van der Waals surface area contributed by atoms with Crippen LogP contribution in [0.15, 0.2) is 28.7 Å². The molecule has 1 aromatic carbocycles. The van der Waals surface area contributed by atoms with Crippen LogP contribution in [0.5, 0.6) is 0 Å². The van der Waals surface area contributed by atoms with Crippen LogP contribution in [0.2, 0.25) is 0 Å². The van der Waals surface area contributed by atoms with E-state index >= 15 is 0 Å². The van der Waals surface area contributed by atoms with Gasteiger partial charge in [-0.15, -0.1) is 0 Å². The minimum absolute atomic E-state index is 0.210. The van der Waals surface area contributed by atoms with Gasteiger partial charge in [-0.25, -0.2) is 4.39 Å². The highest BCUT2D eigenvalue weighted by Crippen LogP contribution is 2.40. The standard InChI is InChI=1S/C18H24FNO/c1-3-9-20-17(13-8-7-12(2)10-13)16-11-14-5-4-6-15(19)18(14)21-16/h4-6,11-13,17,20H,3,7-10H2,1-2H3. The van der Waals surface area contributed by atoms with Crippen LogP contribution in [-0.4, -0.2) is 6.54 Å². The van der Waals surface area contributed by atoms with E-state index in [1.807, 2.05) is 12.1 Å². The molecule has 1 aromatic heterocycles. The van der Waals surface area contributed by atoms with E-state index in [1.54, 1.807) is 6.07 Å². The third-order valence-corrected chi connectivity index (χ3v) is 4.64. The van der Waals surface area contributed by atoms with Crippen molar-refractivity contribution in [2.45, 2.75) is 45.6 Å². The van der Waals surface area contributed by atoms with Gasteiger partial charge in [-0.3, -0.25) is 0 Å². The van der Waals surface area contributed by atoms with Gasteiger partial charge in [0.25, 0.3) is 0 Å². The molecule has 3 atom stereocenters. The van der Waals surface area contributed by atoms with Crippen molar-refractivity contribution in [1.82, 2.24) is 5.32 Å². The zero-order chi connectivity index (χ0) is 14.8. The highest BCUT2D eigenvalue weighted by molar-refractivity contribution is 5.78. The van der Waals surface area contributed by atoms with Gasteiger partial charge < -0.3 is 9.73 Å². The van der Waals surface area contributed by atoms with Gasteiger partial charge in [-0.2, -0.15) is 0 Å². The van der Waals surface area contributed by atoms with E-state index < -0.39 is 0 Å². The van der Waals surface area contributed by atoms with Crippen LogP contribution in [0.25, 0.3) is 11.0 Å². The first-order valence-corrected chi connectivity index (χ1v) is 8.10. The quantitative estimate of drug-likeness (QED) is 0.833. The highest BCUT2D eigenvalue weighted by Gasteiger charge is 2.31. The third kappa shape index (κ3) is 2.98. The Hall–Kier alpha value is -1.35. The number of hydrogen-bond donors (Lipinski definition) is 1. The predicted octanol–water partition coefficient (Wildman–Crippen LogP) is 5.05. The van der Waals surface area contributed by atoms with Gasteiger partial charge in [0.1, 0.15) is 5.76 Å². The van der Waals surface area contributed by atoms with Crippen LogP contribution >= 0.6 is 0 Å². The lowest BCUT2D eigenvalue weighted by Gasteiger charge is -2.23.